The Labute approximate surface area is 200 Å². The Morgan fingerprint density at radius 3 is 2.65 bits per heavy atom. The second kappa shape index (κ2) is 10.1. The lowest BCUT2D eigenvalue weighted by Gasteiger charge is -2.40. The molecule has 0 radical (unpaired) electrons. The van der Waals surface area contributed by atoms with Gasteiger partial charge in [-0.15, -0.1) is 0 Å². The number of rotatable bonds is 5. The zero-order valence-electron chi connectivity index (χ0n) is 19.3. The molecule has 1 aromatic rings. The lowest BCUT2D eigenvalue weighted by molar-refractivity contribution is 0.0229. The van der Waals surface area contributed by atoms with Gasteiger partial charge in [-0.05, 0) is 37.0 Å². The fourth-order valence-electron chi connectivity index (χ4n) is 5.12. The minimum atomic E-state index is -3.58. The van der Waals surface area contributed by atoms with Crippen LogP contribution in [0.15, 0.2) is 40.0 Å². The van der Waals surface area contributed by atoms with Crippen LogP contribution in [0.5, 0.6) is 0 Å². The van der Waals surface area contributed by atoms with Crippen LogP contribution in [0.4, 0.5) is 4.79 Å². The van der Waals surface area contributed by atoms with E-state index < -0.39 is 10.0 Å². The third-order valence-electron chi connectivity index (χ3n) is 7.20. The fraction of sp³-hybridized carbons (Fsp3) is 0.609. The number of pyridine rings is 1. The van der Waals surface area contributed by atoms with Crippen molar-refractivity contribution in [3.8, 4) is 0 Å². The van der Waals surface area contributed by atoms with Crippen molar-refractivity contribution < 1.29 is 17.9 Å². The molecule has 11 heteroatoms. The van der Waals surface area contributed by atoms with E-state index in [1.54, 1.807) is 21.3 Å². The minimum absolute atomic E-state index is 0.142. The van der Waals surface area contributed by atoms with E-state index in [-0.39, 0.29) is 17.5 Å². The highest BCUT2D eigenvalue weighted by atomic mass is 32.2. The van der Waals surface area contributed by atoms with Gasteiger partial charge in [-0.2, -0.15) is 4.31 Å². The molecule has 184 valence electrons. The summed E-state index contributed by atoms with van der Waals surface area (Å²) in [5, 5.41) is 2.89. The molecular formula is C23H32N6O4S. The molecular weight excluding hydrogens is 456 g/mol. The number of ether oxygens (including phenoxy) is 1. The average Bonchev–Trinajstić information content (AvgIpc) is 3.33. The predicted octanol–water partition coefficient (Wildman–Crippen LogP) is 1.07. The van der Waals surface area contributed by atoms with Gasteiger partial charge in [-0.3, -0.25) is 14.9 Å². The number of sulfonamides is 1. The van der Waals surface area contributed by atoms with Crippen LogP contribution in [-0.2, 0) is 21.3 Å². The van der Waals surface area contributed by atoms with Crippen molar-refractivity contribution in [1.82, 2.24) is 24.4 Å². The number of nitrogens with one attached hydrogen (secondary N) is 1. The van der Waals surface area contributed by atoms with Crippen molar-refractivity contribution >= 4 is 22.3 Å². The molecule has 0 aliphatic carbocycles. The molecule has 4 aliphatic heterocycles. The number of hydrogen-bond donors (Lipinski definition) is 1. The van der Waals surface area contributed by atoms with Crippen LogP contribution in [0, 0.1) is 5.92 Å². The van der Waals surface area contributed by atoms with E-state index in [0.717, 1.165) is 45.6 Å². The molecule has 10 nitrogen and oxygen atoms in total. The summed E-state index contributed by atoms with van der Waals surface area (Å²) in [4.78, 5) is 25.4. The van der Waals surface area contributed by atoms with Crippen molar-refractivity contribution in [2.24, 2.45) is 10.9 Å². The lowest BCUT2D eigenvalue weighted by Crippen LogP contribution is -2.52. The topological polar surface area (TPSA) is 107 Å². The molecule has 5 heterocycles. The Morgan fingerprint density at radius 2 is 1.94 bits per heavy atom. The van der Waals surface area contributed by atoms with E-state index in [0.29, 0.717) is 43.8 Å². The Kier molecular flexibility index (Phi) is 6.96. The maximum Gasteiger partial charge on any atom is 0.318 e. The number of urea groups is 1. The maximum absolute atomic E-state index is 13.1. The number of carbonyl (C=O) groups excluding carboxylic acids is 1. The third-order valence-corrected chi connectivity index (χ3v) is 9.08. The molecule has 1 atom stereocenters. The molecule has 1 unspecified atom stereocenters. The van der Waals surface area contributed by atoms with Gasteiger partial charge in [0.05, 0.1) is 12.2 Å². The van der Waals surface area contributed by atoms with Gasteiger partial charge in [-0.25, -0.2) is 13.2 Å². The lowest BCUT2D eigenvalue weighted by atomic mass is 9.99. The number of fused-ring (bicyclic) bond motifs is 1. The summed E-state index contributed by atoms with van der Waals surface area (Å²) in [6.45, 7) is 5.55. The van der Waals surface area contributed by atoms with Crippen LogP contribution >= 0.6 is 0 Å². The molecule has 0 spiro atoms. The Hall–Kier alpha value is -2.34. The van der Waals surface area contributed by atoms with Gasteiger partial charge < -0.3 is 15.0 Å². The molecule has 3 saturated heterocycles. The van der Waals surface area contributed by atoms with Crippen molar-refractivity contribution in [2.45, 2.75) is 36.7 Å². The van der Waals surface area contributed by atoms with Gasteiger partial charge >= 0.3 is 6.03 Å². The number of piperazine rings is 1. The molecule has 0 bridgehead atoms. The van der Waals surface area contributed by atoms with Crippen LogP contribution in [0.3, 0.4) is 0 Å². The molecule has 34 heavy (non-hydrogen) atoms. The number of carbonyl (C=O) groups is 1. The van der Waals surface area contributed by atoms with Gasteiger partial charge in [0.25, 0.3) is 0 Å². The van der Waals surface area contributed by atoms with E-state index >= 15 is 0 Å². The summed E-state index contributed by atoms with van der Waals surface area (Å²) < 4.78 is 33.2. The number of aliphatic imine (C=N–C) groups is 1. The smallest absolute Gasteiger partial charge is 0.318 e. The zero-order valence-corrected chi connectivity index (χ0v) is 20.1. The molecule has 1 aromatic heterocycles. The standard InChI is InChI=1S/C23H32N6O4S/c30-23(28-16-18-3-6-24-13-19(18)17-28)26-14-20-1-2-22(15-25-20)34(31,32)29-9-7-27(8-10-29)21-4-11-33-12-5-21/h1-2,6,13,15,18,21H,3-5,7-12,14,16-17H2,(H,26,30). The van der Waals surface area contributed by atoms with Gasteiger partial charge in [0.1, 0.15) is 4.90 Å². The van der Waals surface area contributed by atoms with Gasteiger partial charge in [0.15, 0.2) is 0 Å². The molecule has 1 N–H and O–H groups in total. The Bertz CT molecular complexity index is 1040. The SMILES string of the molecule is O=C(NCc1ccc(S(=O)(=O)N2CCN(C3CCOCC3)CC2)cn1)N1CC2=CN=CCC2C1. The highest BCUT2D eigenvalue weighted by molar-refractivity contribution is 7.89. The monoisotopic (exact) mass is 488 g/mol. The predicted molar refractivity (Wildman–Crippen MR) is 127 cm³/mol. The van der Waals surface area contributed by atoms with Crippen LogP contribution in [0.2, 0.25) is 0 Å². The van der Waals surface area contributed by atoms with E-state index in [1.807, 2.05) is 12.4 Å². The number of nitrogens with zero attached hydrogens (tertiary/aromatic N) is 5. The van der Waals surface area contributed by atoms with Crippen molar-refractivity contribution in [2.75, 3.05) is 52.5 Å². The van der Waals surface area contributed by atoms with Crippen LogP contribution in [0.1, 0.15) is 25.0 Å². The second-order valence-corrected chi connectivity index (χ2v) is 11.2. The van der Waals surface area contributed by atoms with E-state index in [4.69, 9.17) is 4.74 Å². The number of amides is 2. The third kappa shape index (κ3) is 5.02. The summed E-state index contributed by atoms with van der Waals surface area (Å²) in [5.41, 5.74) is 1.81. The van der Waals surface area contributed by atoms with E-state index in [2.05, 4.69) is 20.2 Å². The van der Waals surface area contributed by atoms with Crippen LogP contribution in [-0.4, -0.2) is 98.3 Å². The number of likely N-dealkylation sites (tertiary alicyclic amines) is 1. The van der Waals surface area contributed by atoms with Gasteiger partial charge in [0.2, 0.25) is 10.0 Å². The summed E-state index contributed by atoms with van der Waals surface area (Å²) in [6.07, 6.45) is 8.04. The van der Waals surface area contributed by atoms with Crippen LogP contribution < -0.4 is 5.32 Å². The van der Waals surface area contributed by atoms with Crippen molar-refractivity contribution in [3.63, 3.8) is 0 Å². The zero-order chi connectivity index (χ0) is 23.5. The van der Waals surface area contributed by atoms with Crippen LogP contribution in [0.25, 0.3) is 0 Å². The summed E-state index contributed by atoms with van der Waals surface area (Å²) in [6, 6.07) is 3.60. The Balaban J connectivity index is 1.12. The second-order valence-electron chi connectivity index (χ2n) is 9.28. The van der Waals surface area contributed by atoms with E-state index in [9.17, 15) is 13.2 Å². The molecule has 0 aromatic carbocycles. The fourth-order valence-corrected chi connectivity index (χ4v) is 6.48. The maximum atomic E-state index is 13.1. The summed E-state index contributed by atoms with van der Waals surface area (Å²) in [7, 11) is -3.58. The first-order valence-electron chi connectivity index (χ1n) is 12.0. The largest absolute Gasteiger partial charge is 0.381 e. The first-order valence-corrected chi connectivity index (χ1v) is 13.4. The highest BCUT2D eigenvalue weighted by Gasteiger charge is 2.32. The normalized spacial score (nSPS) is 24.6. The minimum Gasteiger partial charge on any atom is -0.381 e. The van der Waals surface area contributed by atoms with E-state index in [1.165, 1.54) is 11.8 Å². The molecule has 0 saturated carbocycles. The number of aromatic nitrogens is 1. The summed E-state index contributed by atoms with van der Waals surface area (Å²) >= 11 is 0. The molecule has 4 aliphatic rings. The Morgan fingerprint density at radius 1 is 1.15 bits per heavy atom. The number of hydrogen-bond acceptors (Lipinski definition) is 7. The van der Waals surface area contributed by atoms with Gasteiger partial charge in [0, 0.05) is 83.1 Å². The first-order chi connectivity index (χ1) is 16.5. The summed E-state index contributed by atoms with van der Waals surface area (Å²) in [5.74, 6) is 0.365. The highest BCUT2D eigenvalue weighted by Crippen LogP contribution is 2.27. The molecule has 2 amide bonds. The quantitative estimate of drug-likeness (QED) is 0.664. The van der Waals surface area contributed by atoms with Crippen molar-refractivity contribution in [1.29, 1.82) is 0 Å². The van der Waals surface area contributed by atoms with Crippen molar-refractivity contribution in [3.05, 3.63) is 35.8 Å². The molecule has 5 rings (SSSR count). The van der Waals surface area contributed by atoms with Gasteiger partial charge in [-0.1, -0.05) is 0 Å². The average molecular weight is 489 g/mol. The molecule has 3 fully saturated rings. The first kappa shape index (κ1) is 23.4.